The first-order valence-corrected chi connectivity index (χ1v) is 9.45. The van der Waals surface area contributed by atoms with Crippen LogP contribution in [0.1, 0.15) is 36.2 Å². The number of hydrogen-bond acceptors (Lipinski definition) is 5. The van der Waals surface area contributed by atoms with Crippen LogP contribution < -0.4 is 0 Å². The van der Waals surface area contributed by atoms with Crippen LogP contribution >= 0.6 is 28.1 Å². The van der Waals surface area contributed by atoms with Crippen LogP contribution in [-0.4, -0.2) is 41.1 Å². The molecule has 0 aromatic heterocycles. The standard InChI is InChI=1S/C18H16BrF3N2O3S/c1-3-27-17(26)12-6-10(2)24(8-15(12)23-9-28)16(25)11-4-5-14(19)13(7-11)18(20,21)22/h4-5,7,10H,3,6,8H2,1-2H3/t10-/m1/s1. The monoisotopic (exact) mass is 476 g/mol. The molecule has 0 N–H and O–H groups in total. The van der Waals surface area contributed by atoms with Crippen molar-refractivity contribution < 1.29 is 27.5 Å². The third-order valence-corrected chi connectivity index (χ3v) is 4.96. The lowest BCUT2D eigenvalue weighted by Crippen LogP contribution is -2.44. The number of alkyl halides is 3. The highest BCUT2D eigenvalue weighted by atomic mass is 79.9. The van der Waals surface area contributed by atoms with Crippen LogP contribution in [0.4, 0.5) is 13.2 Å². The molecule has 1 aromatic carbocycles. The Balaban J connectivity index is 2.40. The van der Waals surface area contributed by atoms with Crippen molar-refractivity contribution in [1.82, 2.24) is 4.90 Å². The van der Waals surface area contributed by atoms with E-state index in [2.05, 4.69) is 38.3 Å². The zero-order valence-electron chi connectivity index (χ0n) is 15.0. The number of amides is 1. The molecule has 5 nitrogen and oxygen atoms in total. The molecular weight excluding hydrogens is 461 g/mol. The second-order valence-electron chi connectivity index (χ2n) is 6.03. The highest BCUT2D eigenvalue weighted by molar-refractivity contribution is 9.10. The van der Waals surface area contributed by atoms with Crippen molar-refractivity contribution in [3.05, 3.63) is 45.1 Å². The average Bonchev–Trinajstić information content (AvgIpc) is 2.62. The Morgan fingerprint density at radius 1 is 1.43 bits per heavy atom. The molecule has 1 atom stereocenters. The predicted octanol–water partition coefficient (Wildman–Crippen LogP) is 4.62. The maximum atomic E-state index is 13.1. The molecule has 1 aromatic rings. The molecule has 10 heteroatoms. The van der Waals surface area contributed by atoms with E-state index in [-0.39, 0.29) is 40.9 Å². The summed E-state index contributed by atoms with van der Waals surface area (Å²) in [6.45, 7) is 3.44. The van der Waals surface area contributed by atoms with Crippen molar-refractivity contribution in [2.75, 3.05) is 13.2 Å². The van der Waals surface area contributed by atoms with Gasteiger partial charge < -0.3 is 9.64 Å². The summed E-state index contributed by atoms with van der Waals surface area (Å²) in [5, 5.41) is 2.16. The molecule has 1 aliphatic heterocycles. The molecule has 0 saturated heterocycles. The second-order valence-corrected chi connectivity index (χ2v) is 7.06. The van der Waals surface area contributed by atoms with E-state index in [0.717, 1.165) is 6.07 Å². The predicted molar refractivity (Wildman–Crippen MR) is 103 cm³/mol. The van der Waals surface area contributed by atoms with E-state index < -0.39 is 29.7 Å². The molecule has 1 heterocycles. The Morgan fingerprint density at radius 3 is 2.68 bits per heavy atom. The average molecular weight is 477 g/mol. The third kappa shape index (κ3) is 4.87. The van der Waals surface area contributed by atoms with Gasteiger partial charge in [0.15, 0.2) is 0 Å². The number of hydrogen-bond donors (Lipinski definition) is 0. The van der Waals surface area contributed by atoms with Crippen molar-refractivity contribution >= 4 is 45.2 Å². The van der Waals surface area contributed by atoms with Crippen LogP contribution in [-0.2, 0) is 15.7 Å². The van der Waals surface area contributed by atoms with E-state index in [1.807, 2.05) is 0 Å². The summed E-state index contributed by atoms with van der Waals surface area (Å²) in [6, 6.07) is 2.84. The number of rotatable bonds is 4. The van der Waals surface area contributed by atoms with Crippen LogP contribution in [0, 0.1) is 0 Å². The van der Waals surface area contributed by atoms with Crippen molar-refractivity contribution in [1.29, 1.82) is 0 Å². The van der Waals surface area contributed by atoms with Gasteiger partial charge >= 0.3 is 12.1 Å². The van der Waals surface area contributed by atoms with Gasteiger partial charge in [0.25, 0.3) is 5.91 Å². The lowest BCUT2D eigenvalue weighted by Gasteiger charge is -2.34. The van der Waals surface area contributed by atoms with Crippen LogP contribution in [0.2, 0.25) is 0 Å². The van der Waals surface area contributed by atoms with Gasteiger partial charge in [0.05, 0.1) is 35.1 Å². The van der Waals surface area contributed by atoms with Gasteiger partial charge in [0.2, 0.25) is 0 Å². The number of aliphatic imine (C=N–C) groups is 1. The molecule has 0 saturated carbocycles. The fourth-order valence-electron chi connectivity index (χ4n) is 2.83. The molecule has 1 aliphatic rings. The lowest BCUT2D eigenvalue weighted by molar-refractivity contribution is -0.139. The van der Waals surface area contributed by atoms with Crippen LogP contribution in [0.5, 0.6) is 0 Å². The third-order valence-electron chi connectivity index (χ3n) is 4.18. The smallest absolute Gasteiger partial charge is 0.417 e. The first kappa shape index (κ1) is 22.3. The summed E-state index contributed by atoms with van der Waals surface area (Å²) in [6.07, 6.45) is -4.46. The van der Waals surface area contributed by atoms with Crippen LogP contribution in [0.15, 0.2) is 38.9 Å². The molecule has 28 heavy (non-hydrogen) atoms. The largest absolute Gasteiger partial charge is 0.463 e. The number of benzene rings is 1. The molecule has 0 radical (unpaired) electrons. The Bertz CT molecular complexity index is 879. The molecule has 2 rings (SSSR count). The van der Waals surface area contributed by atoms with Gasteiger partial charge in [-0.2, -0.15) is 18.2 Å². The van der Waals surface area contributed by atoms with Crippen molar-refractivity contribution in [3.8, 4) is 0 Å². The summed E-state index contributed by atoms with van der Waals surface area (Å²) >= 11 is 7.45. The fraction of sp³-hybridized carbons (Fsp3) is 0.389. The number of halogens is 4. The number of thiocarbonyl (C=S) groups is 1. The molecule has 150 valence electrons. The summed E-state index contributed by atoms with van der Waals surface area (Å²) in [7, 11) is 0. The van der Waals surface area contributed by atoms with Gasteiger partial charge in [-0.05, 0) is 44.3 Å². The lowest BCUT2D eigenvalue weighted by atomic mass is 9.97. The Hall–Kier alpha value is -2.03. The SMILES string of the molecule is CCOC(=O)C1=C(N=C=S)CN(C(=O)c2ccc(Br)c(C(F)(F)F)c2)[C@H](C)C1. The molecule has 0 fully saturated rings. The van der Waals surface area contributed by atoms with Gasteiger partial charge in [-0.1, -0.05) is 15.9 Å². The minimum absolute atomic E-state index is 0.0881. The fourth-order valence-corrected chi connectivity index (χ4v) is 3.41. The van der Waals surface area contributed by atoms with Gasteiger partial charge in [-0.3, -0.25) is 4.79 Å². The zero-order valence-corrected chi connectivity index (χ0v) is 17.4. The minimum Gasteiger partial charge on any atom is -0.463 e. The molecule has 0 unspecified atom stereocenters. The molecule has 1 amide bonds. The highest BCUT2D eigenvalue weighted by Gasteiger charge is 2.36. The van der Waals surface area contributed by atoms with Gasteiger partial charge in [0.1, 0.15) is 0 Å². The van der Waals surface area contributed by atoms with Crippen molar-refractivity contribution in [3.63, 3.8) is 0 Å². The molecular formula is C18H16BrF3N2O3S. The Kier molecular flexibility index (Phi) is 7.14. The minimum atomic E-state index is -4.60. The first-order chi connectivity index (χ1) is 13.1. The van der Waals surface area contributed by atoms with E-state index in [1.165, 1.54) is 17.0 Å². The van der Waals surface area contributed by atoms with E-state index in [9.17, 15) is 22.8 Å². The number of ether oxygens (including phenoxy) is 1. The maximum absolute atomic E-state index is 13.1. The number of carbonyl (C=O) groups excluding carboxylic acids is 2. The molecule has 0 bridgehead atoms. The quantitative estimate of drug-likeness (QED) is 0.361. The highest BCUT2D eigenvalue weighted by Crippen LogP contribution is 2.36. The van der Waals surface area contributed by atoms with Gasteiger partial charge in [-0.15, -0.1) is 0 Å². The Morgan fingerprint density at radius 2 is 2.11 bits per heavy atom. The maximum Gasteiger partial charge on any atom is 0.417 e. The van der Waals surface area contributed by atoms with Crippen LogP contribution in [0.3, 0.4) is 0 Å². The van der Waals surface area contributed by atoms with Crippen molar-refractivity contribution in [2.24, 2.45) is 4.99 Å². The summed E-state index contributed by atoms with van der Waals surface area (Å²) in [5.74, 6) is -1.17. The topological polar surface area (TPSA) is 59.0 Å². The van der Waals surface area contributed by atoms with E-state index in [0.29, 0.717) is 0 Å². The zero-order chi connectivity index (χ0) is 21.1. The van der Waals surface area contributed by atoms with Crippen molar-refractivity contribution in [2.45, 2.75) is 32.5 Å². The number of carbonyl (C=O) groups is 2. The Labute approximate surface area is 173 Å². The number of isothiocyanates is 1. The number of nitrogens with zero attached hydrogens (tertiary/aromatic N) is 2. The molecule has 0 spiro atoms. The van der Waals surface area contributed by atoms with E-state index in [1.54, 1.807) is 13.8 Å². The second kappa shape index (κ2) is 8.98. The van der Waals surface area contributed by atoms with Crippen LogP contribution in [0.25, 0.3) is 0 Å². The van der Waals surface area contributed by atoms with Gasteiger partial charge in [0, 0.05) is 22.5 Å². The normalized spacial score (nSPS) is 17.2. The summed E-state index contributed by atoms with van der Waals surface area (Å²) in [5.41, 5.74) is -0.564. The number of esters is 1. The summed E-state index contributed by atoms with van der Waals surface area (Å²) in [4.78, 5) is 30.2. The van der Waals surface area contributed by atoms with Gasteiger partial charge in [-0.25, -0.2) is 4.79 Å². The first-order valence-electron chi connectivity index (χ1n) is 8.24. The van der Waals surface area contributed by atoms with E-state index >= 15 is 0 Å². The molecule has 0 aliphatic carbocycles. The summed E-state index contributed by atoms with van der Waals surface area (Å²) < 4.78 is 44.3. The van der Waals surface area contributed by atoms with E-state index in [4.69, 9.17) is 4.74 Å².